The molecule has 7 heteroatoms. The third-order valence-electron chi connectivity index (χ3n) is 3.04. The number of hydrogen-bond donors (Lipinski definition) is 2. The van der Waals surface area contributed by atoms with Gasteiger partial charge in [-0.05, 0) is 24.3 Å². The predicted octanol–water partition coefficient (Wildman–Crippen LogP) is 1.79. The van der Waals surface area contributed by atoms with Gasteiger partial charge in [0.05, 0.1) is 20.4 Å². The Hall–Kier alpha value is -3.35. The van der Waals surface area contributed by atoms with Gasteiger partial charge < -0.3 is 14.8 Å². The van der Waals surface area contributed by atoms with Gasteiger partial charge in [-0.1, -0.05) is 24.3 Å². The van der Waals surface area contributed by atoms with Crippen molar-refractivity contribution in [1.29, 1.82) is 0 Å². The minimum atomic E-state index is -0.878. The number of nitrogens with zero attached hydrogens (tertiary/aromatic N) is 1. The number of nitrogens with one attached hydrogen (secondary N) is 2. The van der Waals surface area contributed by atoms with E-state index >= 15 is 0 Å². The van der Waals surface area contributed by atoms with Crippen molar-refractivity contribution < 1.29 is 19.1 Å². The molecule has 2 aromatic rings. The third-order valence-corrected chi connectivity index (χ3v) is 3.04. The molecule has 0 atom stereocenters. The van der Waals surface area contributed by atoms with E-state index in [2.05, 4.69) is 15.8 Å². The summed E-state index contributed by atoms with van der Waals surface area (Å²) < 4.78 is 10.4. The molecule has 2 aromatic carbocycles. The number of rotatable bonds is 5. The lowest BCUT2D eigenvalue weighted by Crippen LogP contribution is -2.32. The Bertz CT molecular complexity index is 745. The molecule has 0 bridgehead atoms. The van der Waals surface area contributed by atoms with Gasteiger partial charge in [0.15, 0.2) is 11.5 Å². The number of amides is 2. The maximum absolute atomic E-state index is 11.7. The average Bonchev–Trinajstić information content (AvgIpc) is 2.62. The van der Waals surface area contributed by atoms with E-state index in [9.17, 15) is 9.59 Å². The van der Waals surface area contributed by atoms with Crippen LogP contribution in [0.25, 0.3) is 0 Å². The second kappa shape index (κ2) is 8.33. The van der Waals surface area contributed by atoms with E-state index in [-0.39, 0.29) is 0 Å². The molecule has 2 rings (SSSR count). The summed E-state index contributed by atoms with van der Waals surface area (Å²) in [5.41, 5.74) is 3.28. The number of carbonyl (C=O) groups is 2. The standard InChI is InChI=1S/C17H17N3O4/c1-23-14-10-6-7-12(15(14)24-2)11-18-20-17(22)16(21)19-13-8-4-3-5-9-13/h3-11H,1-2H3,(H,19,21)(H,20,22)/b18-11+. The zero-order valence-electron chi connectivity index (χ0n) is 13.3. The van der Waals surface area contributed by atoms with Crippen LogP contribution in [-0.2, 0) is 9.59 Å². The summed E-state index contributed by atoms with van der Waals surface area (Å²) in [5.74, 6) is -0.672. The van der Waals surface area contributed by atoms with Gasteiger partial charge in [0.25, 0.3) is 0 Å². The average molecular weight is 327 g/mol. The number of hydrazone groups is 1. The second-order valence-electron chi connectivity index (χ2n) is 4.60. The SMILES string of the molecule is COc1cccc(/C=N/NC(=O)C(=O)Nc2ccccc2)c1OC. The molecule has 0 aliphatic heterocycles. The third kappa shape index (κ3) is 4.33. The zero-order chi connectivity index (χ0) is 17.4. The van der Waals surface area contributed by atoms with E-state index in [0.717, 1.165) is 0 Å². The first-order valence-electron chi connectivity index (χ1n) is 7.06. The van der Waals surface area contributed by atoms with Crippen LogP contribution in [0, 0.1) is 0 Å². The number of benzene rings is 2. The highest BCUT2D eigenvalue weighted by Crippen LogP contribution is 2.29. The summed E-state index contributed by atoms with van der Waals surface area (Å²) in [5, 5.41) is 6.23. The van der Waals surface area contributed by atoms with Crippen molar-refractivity contribution in [1.82, 2.24) is 5.43 Å². The summed E-state index contributed by atoms with van der Waals surface area (Å²) in [6, 6.07) is 13.9. The molecule has 2 N–H and O–H groups in total. The smallest absolute Gasteiger partial charge is 0.329 e. The van der Waals surface area contributed by atoms with E-state index in [0.29, 0.717) is 22.7 Å². The van der Waals surface area contributed by atoms with Crippen LogP contribution in [0.15, 0.2) is 53.6 Å². The Morgan fingerprint density at radius 3 is 2.38 bits per heavy atom. The number of ether oxygens (including phenoxy) is 2. The molecule has 0 saturated carbocycles. The molecule has 0 fully saturated rings. The van der Waals surface area contributed by atoms with Gasteiger partial charge in [0.2, 0.25) is 0 Å². The minimum absolute atomic E-state index is 0.478. The molecule has 0 aromatic heterocycles. The van der Waals surface area contributed by atoms with E-state index < -0.39 is 11.8 Å². The van der Waals surface area contributed by atoms with Crippen molar-refractivity contribution in [2.45, 2.75) is 0 Å². The highest BCUT2D eigenvalue weighted by atomic mass is 16.5. The molecule has 0 unspecified atom stereocenters. The molecule has 0 aliphatic rings. The van der Waals surface area contributed by atoms with Gasteiger partial charge in [0, 0.05) is 11.3 Å². The molecule has 0 aliphatic carbocycles. The largest absolute Gasteiger partial charge is 0.493 e. The summed E-state index contributed by atoms with van der Waals surface area (Å²) in [4.78, 5) is 23.5. The van der Waals surface area contributed by atoms with Gasteiger partial charge in [0.1, 0.15) is 0 Å². The number of carbonyl (C=O) groups excluding carboxylic acids is 2. The molecule has 0 saturated heterocycles. The summed E-state index contributed by atoms with van der Waals surface area (Å²) >= 11 is 0. The number of hydrogen-bond acceptors (Lipinski definition) is 5. The number of anilines is 1. The Balaban J connectivity index is 1.98. The van der Waals surface area contributed by atoms with Crippen molar-refractivity contribution >= 4 is 23.7 Å². The molecule has 124 valence electrons. The van der Waals surface area contributed by atoms with Crippen LogP contribution in [0.5, 0.6) is 11.5 Å². The van der Waals surface area contributed by atoms with Gasteiger partial charge >= 0.3 is 11.8 Å². The first-order valence-corrected chi connectivity index (χ1v) is 7.06. The van der Waals surface area contributed by atoms with Gasteiger partial charge in [-0.15, -0.1) is 0 Å². The van der Waals surface area contributed by atoms with Gasteiger partial charge in [-0.25, -0.2) is 5.43 Å². The molecular weight excluding hydrogens is 310 g/mol. The fourth-order valence-corrected chi connectivity index (χ4v) is 1.93. The monoisotopic (exact) mass is 327 g/mol. The lowest BCUT2D eigenvalue weighted by Gasteiger charge is -2.09. The van der Waals surface area contributed by atoms with Crippen molar-refractivity contribution in [3.05, 3.63) is 54.1 Å². The van der Waals surface area contributed by atoms with Crippen LogP contribution in [0.2, 0.25) is 0 Å². The van der Waals surface area contributed by atoms with E-state index in [1.807, 2.05) is 6.07 Å². The highest BCUT2D eigenvalue weighted by Gasteiger charge is 2.13. The van der Waals surface area contributed by atoms with Crippen molar-refractivity contribution in [3.63, 3.8) is 0 Å². The van der Waals surface area contributed by atoms with Gasteiger partial charge in [-0.3, -0.25) is 9.59 Å². The topological polar surface area (TPSA) is 89.0 Å². The molecule has 24 heavy (non-hydrogen) atoms. The van der Waals surface area contributed by atoms with Crippen molar-refractivity contribution in [2.75, 3.05) is 19.5 Å². The number of para-hydroxylation sites is 2. The fraction of sp³-hybridized carbons (Fsp3) is 0.118. The van der Waals surface area contributed by atoms with E-state index in [4.69, 9.17) is 9.47 Å². The fourth-order valence-electron chi connectivity index (χ4n) is 1.93. The predicted molar refractivity (Wildman–Crippen MR) is 90.4 cm³/mol. The van der Waals surface area contributed by atoms with Crippen LogP contribution < -0.4 is 20.2 Å². The normalized spacial score (nSPS) is 10.2. The van der Waals surface area contributed by atoms with Crippen LogP contribution in [-0.4, -0.2) is 32.2 Å². The van der Waals surface area contributed by atoms with Crippen molar-refractivity contribution in [2.24, 2.45) is 5.10 Å². The van der Waals surface area contributed by atoms with Crippen LogP contribution in [0.4, 0.5) is 5.69 Å². The first-order chi connectivity index (χ1) is 11.7. The molecule has 0 radical (unpaired) electrons. The Morgan fingerprint density at radius 1 is 0.958 bits per heavy atom. The Labute approximate surface area is 139 Å². The second-order valence-corrected chi connectivity index (χ2v) is 4.60. The molecule has 0 spiro atoms. The summed E-state index contributed by atoms with van der Waals surface area (Å²) in [7, 11) is 3.02. The Kier molecular flexibility index (Phi) is 5.90. The molecular formula is C17H17N3O4. The van der Waals surface area contributed by atoms with Gasteiger partial charge in [-0.2, -0.15) is 5.10 Å². The van der Waals surface area contributed by atoms with Crippen molar-refractivity contribution in [3.8, 4) is 11.5 Å². The number of methoxy groups -OCH3 is 2. The molecule has 2 amide bonds. The summed E-state index contributed by atoms with van der Waals surface area (Å²) in [6.07, 6.45) is 1.37. The van der Waals surface area contributed by atoms with E-state index in [1.54, 1.807) is 42.5 Å². The maximum Gasteiger partial charge on any atom is 0.329 e. The lowest BCUT2D eigenvalue weighted by atomic mass is 10.2. The van der Waals surface area contributed by atoms with Crippen LogP contribution in [0.3, 0.4) is 0 Å². The minimum Gasteiger partial charge on any atom is -0.493 e. The van der Waals surface area contributed by atoms with E-state index in [1.165, 1.54) is 20.4 Å². The quantitative estimate of drug-likeness (QED) is 0.498. The first kappa shape index (κ1) is 17.0. The van der Waals surface area contributed by atoms with Crippen LogP contribution >= 0.6 is 0 Å². The zero-order valence-corrected chi connectivity index (χ0v) is 13.3. The lowest BCUT2D eigenvalue weighted by molar-refractivity contribution is -0.136. The highest BCUT2D eigenvalue weighted by molar-refractivity contribution is 6.39. The van der Waals surface area contributed by atoms with Crippen LogP contribution in [0.1, 0.15) is 5.56 Å². The molecule has 7 nitrogen and oxygen atoms in total. The molecule has 0 heterocycles. The maximum atomic E-state index is 11.7. The summed E-state index contributed by atoms with van der Waals surface area (Å²) in [6.45, 7) is 0. The Morgan fingerprint density at radius 2 is 1.71 bits per heavy atom.